The normalized spacial score (nSPS) is 16.7. The van der Waals surface area contributed by atoms with E-state index >= 15 is 0 Å². The zero-order valence-electron chi connectivity index (χ0n) is 19.2. The highest BCUT2D eigenvalue weighted by atomic mass is 79.9. The van der Waals surface area contributed by atoms with Gasteiger partial charge in [0.25, 0.3) is 5.91 Å². The summed E-state index contributed by atoms with van der Waals surface area (Å²) in [6, 6.07) is 3.79. The quantitative estimate of drug-likeness (QED) is 0.290. The van der Waals surface area contributed by atoms with Crippen molar-refractivity contribution in [2.45, 2.75) is 24.8 Å². The number of hydrogen-bond donors (Lipinski definition) is 2. The van der Waals surface area contributed by atoms with Crippen LogP contribution in [-0.4, -0.2) is 18.5 Å². The topological polar surface area (TPSA) is 61.4 Å². The highest BCUT2D eigenvalue weighted by molar-refractivity contribution is 9.10. The Morgan fingerprint density at radius 2 is 1.67 bits per heavy atom. The van der Waals surface area contributed by atoms with E-state index in [1.165, 1.54) is 17.0 Å². The van der Waals surface area contributed by atoms with E-state index in [1.807, 2.05) is 0 Å². The molecule has 0 radical (unpaired) electrons. The van der Waals surface area contributed by atoms with E-state index in [2.05, 4.69) is 26.6 Å². The summed E-state index contributed by atoms with van der Waals surface area (Å²) in [5, 5.41) is 5.16. The molecule has 3 aromatic carbocycles. The molecule has 204 valence electrons. The van der Waals surface area contributed by atoms with Crippen LogP contribution in [0.25, 0.3) is 0 Å². The second-order valence-electron chi connectivity index (χ2n) is 8.85. The van der Waals surface area contributed by atoms with Crippen molar-refractivity contribution in [2.75, 3.05) is 16.8 Å². The summed E-state index contributed by atoms with van der Waals surface area (Å²) < 4.78 is 94.7. The van der Waals surface area contributed by atoms with Gasteiger partial charge in [-0.25, -0.2) is 9.18 Å². The molecule has 2 N–H and O–H groups in total. The first-order valence-electron chi connectivity index (χ1n) is 11.1. The lowest BCUT2D eigenvalue weighted by molar-refractivity contribution is -0.143. The van der Waals surface area contributed by atoms with E-state index < -0.39 is 52.8 Å². The van der Waals surface area contributed by atoms with Gasteiger partial charge < -0.3 is 10.6 Å². The van der Waals surface area contributed by atoms with Crippen molar-refractivity contribution in [3.63, 3.8) is 0 Å². The fraction of sp³-hybridized carbons (Fsp3) is 0.200. The van der Waals surface area contributed by atoms with Crippen molar-refractivity contribution < 1.29 is 40.3 Å². The van der Waals surface area contributed by atoms with Gasteiger partial charge in [-0.15, -0.1) is 0 Å². The number of carbonyl (C=O) groups is 2. The first-order valence-corrected chi connectivity index (χ1v) is 12.3. The van der Waals surface area contributed by atoms with Crippen molar-refractivity contribution in [1.82, 2.24) is 5.32 Å². The zero-order chi connectivity index (χ0) is 28.4. The zero-order valence-corrected chi connectivity index (χ0v) is 21.5. The molecule has 2 aliphatic rings. The maximum atomic E-state index is 14.2. The largest absolute Gasteiger partial charge is 0.416 e. The monoisotopic (exact) mass is 635 g/mol. The van der Waals surface area contributed by atoms with E-state index in [0.29, 0.717) is 34.3 Å². The van der Waals surface area contributed by atoms with E-state index in [9.17, 15) is 40.3 Å². The lowest BCUT2D eigenvalue weighted by atomic mass is 9.91. The number of alkyl halides is 6. The number of nitrogens with one attached hydrogen (secondary N) is 2. The second-order valence-corrected chi connectivity index (χ2v) is 10.1. The third-order valence-corrected chi connectivity index (χ3v) is 7.47. The standard InChI is InChI=1S/C25H14BrClF7N3O2/c26-16-9-18(35-22(38)10-5-11(24(29,30)31)7-12(6-10)25(32,33)34)19-20(15-8-13(28)1-2-17(15)27)36-23(39)37-4-3-14(16)21(19)37/h1-2,5-9,20H,3-4H2,(H,35,38)(H,36,39). The Morgan fingerprint density at radius 1 is 1.03 bits per heavy atom. The Labute approximate surface area is 229 Å². The molecule has 0 bridgehead atoms. The summed E-state index contributed by atoms with van der Waals surface area (Å²) in [4.78, 5) is 27.4. The number of carbonyl (C=O) groups excluding carboxylic acids is 2. The van der Waals surface area contributed by atoms with Crippen LogP contribution < -0.4 is 15.5 Å². The molecule has 1 unspecified atom stereocenters. The Bertz CT molecular complexity index is 1510. The average Bonchev–Trinajstić information content (AvgIpc) is 3.30. The molecule has 14 heteroatoms. The third kappa shape index (κ3) is 4.93. The number of halogens is 9. The van der Waals surface area contributed by atoms with E-state index in [0.717, 1.165) is 12.1 Å². The third-order valence-electron chi connectivity index (χ3n) is 6.41. The Morgan fingerprint density at radius 3 is 2.28 bits per heavy atom. The number of amides is 3. The maximum Gasteiger partial charge on any atom is 0.416 e. The number of benzene rings is 3. The number of nitrogens with zero attached hydrogens (tertiary/aromatic N) is 1. The summed E-state index contributed by atoms with van der Waals surface area (Å²) in [7, 11) is 0. The van der Waals surface area contributed by atoms with Gasteiger partial charge in [0.05, 0.1) is 22.9 Å². The van der Waals surface area contributed by atoms with Crippen LogP contribution in [0.15, 0.2) is 46.9 Å². The molecule has 3 aromatic rings. The van der Waals surface area contributed by atoms with Crippen LogP contribution in [0.1, 0.15) is 44.2 Å². The average molecular weight is 637 g/mol. The van der Waals surface area contributed by atoms with Crippen molar-refractivity contribution >= 4 is 50.8 Å². The van der Waals surface area contributed by atoms with Gasteiger partial charge in [0.15, 0.2) is 0 Å². The molecule has 0 saturated heterocycles. The van der Waals surface area contributed by atoms with Crippen molar-refractivity contribution in [3.05, 3.63) is 91.2 Å². The van der Waals surface area contributed by atoms with Crippen LogP contribution in [0.2, 0.25) is 5.02 Å². The molecule has 2 aliphatic heterocycles. The predicted octanol–water partition coefficient (Wildman–Crippen LogP) is 7.71. The summed E-state index contributed by atoms with van der Waals surface area (Å²) in [6.45, 7) is 0.260. The number of anilines is 2. The predicted molar refractivity (Wildman–Crippen MR) is 131 cm³/mol. The highest BCUT2D eigenvalue weighted by Gasteiger charge is 2.41. The van der Waals surface area contributed by atoms with Crippen LogP contribution in [0.3, 0.4) is 0 Å². The van der Waals surface area contributed by atoms with Gasteiger partial charge in [-0.3, -0.25) is 9.69 Å². The molecule has 5 nitrogen and oxygen atoms in total. The minimum absolute atomic E-state index is 0.0335. The Kier molecular flexibility index (Phi) is 6.57. The number of urea groups is 1. The van der Waals surface area contributed by atoms with Crippen molar-refractivity contribution in [1.29, 1.82) is 0 Å². The molecular weight excluding hydrogens is 623 g/mol. The van der Waals surface area contributed by atoms with Gasteiger partial charge in [0.1, 0.15) is 5.82 Å². The molecule has 0 spiro atoms. The molecule has 0 saturated carbocycles. The first-order chi connectivity index (χ1) is 18.1. The molecule has 0 aliphatic carbocycles. The highest BCUT2D eigenvalue weighted by Crippen LogP contribution is 2.49. The molecule has 5 rings (SSSR count). The smallest absolute Gasteiger partial charge is 0.327 e. The molecule has 0 fully saturated rings. The van der Waals surface area contributed by atoms with Crippen LogP contribution in [0.4, 0.5) is 46.9 Å². The van der Waals surface area contributed by atoms with Crippen molar-refractivity contribution in [3.8, 4) is 0 Å². The lowest BCUT2D eigenvalue weighted by Gasteiger charge is -2.35. The van der Waals surface area contributed by atoms with E-state index in [1.54, 1.807) is 0 Å². The second kappa shape index (κ2) is 9.40. The van der Waals surface area contributed by atoms with Gasteiger partial charge in [0, 0.05) is 38.4 Å². The van der Waals surface area contributed by atoms with Crippen LogP contribution in [0.5, 0.6) is 0 Å². The minimum atomic E-state index is -5.15. The SMILES string of the molecule is O=C(Nc1cc(Br)c2c3c1C(c1cc(F)ccc1Cl)NC(=O)N3CC2)c1cc(C(F)(F)F)cc(C(F)(F)F)c1. The fourth-order valence-electron chi connectivity index (χ4n) is 4.70. The first kappa shape index (κ1) is 27.3. The van der Waals surface area contributed by atoms with E-state index in [4.69, 9.17) is 11.6 Å². The van der Waals surface area contributed by atoms with Gasteiger partial charge >= 0.3 is 18.4 Å². The van der Waals surface area contributed by atoms with Gasteiger partial charge in [0.2, 0.25) is 0 Å². The Hall–Kier alpha value is -3.32. The fourth-order valence-corrected chi connectivity index (χ4v) is 5.54. The van der Waals surface area contributed by atoms with E-state index in [-0.39, 0.29) is 34.4 Å². The molecule has 2 heterocycles. The van der Waals surface area contributed by atoms with Gasteiger partial charge in [-0.1, -0.05) is 27.5 Å². The molecule has 3 amide bonds. The number of rotatable bonds is 3. The summed E-state index contributed by atoms with van der Waals surface area (Å²) >= 11 is 9.66. The molecule has 0 aromatic heterocycles. The Balaban J connectivity index is 1.66. The van der Waals surface area contributed by atoms with Crippen LogP contribution in [0, 0.1) is 5.82 Å². The maximum absolute atomic E-state index is 14.2. The van der Waals surface area contributed by atoms with Gasteiger partial charge in [-0.2, -0.15) is 26.3 Å². The molecule has 39 heavy (non-hydrogen) atoms. The molecular formula is C25H14BrClF7N3O2. The van der Waals surface area contributed by atoms with Gasteiger partial charge in [-0.05, 0) is 54.4 Å². The lowest BCUT2D eigenvalue weighted by Crippen LogP contribution is -2.46. The molecule has 1 atom stereocenters. The summed E-state index contributed by atoms with van der Waals surface area (Å²) in [5.41, 5.74) is -2.80. The number of hydrogen-bond acceptors (Lipinski definition) is 2. The van der Waals surface area contributed by atoms with Crippen molar-refractivity contribution in [2.24, 2.45) is 0 Å². The van der Waals surface area contributed by atoms with Crippen LogP contribution in [-0.2, 0) is 18.8 Å². The summed E-state index contributed by atoms with van der Waals surface area (Å²) in [5.74, 6) is -1.94. The minimum Gasteiger partial charge on any atom is -0.327 e. The van der Waals surface area contributed by atoms with Crippen LogP contribution >= 0.6 is 27.5 Å². The summed E-state index contributed by atoms with van der Waals surface area (Å²) in [6.07, 6.45) is -9.89.